The third-order valence-corrected chi connectivity index (χ3v) is 4.01. The maximum atomic E-state index is 11.4. The standard InChI is InChI=1S/C11H18N2O4S/c1-17-11-8-9(2-3-10(11)12)13-4-6-18(15,16)7-5-14/h2-3,8,13-14H,4-7,12H2,1H3. The van der Waals surface area contributed by atoms with Gasteiger partial charge in [0.25, 0.3) is 0 Å². The molecule has 0 unspecified atom stereocenters. The van der Waals surface area contributed by atoms with E-state index in [4.69, 9.17) is 15.6 Å². The second-order valence-corrected chi connectivity index (χ2v) is 6.06. The summed E-state index contributed by atoms with van der Waals surface area (Å²) in [5, 5.41) is 11.6. The molecule has 0 heterocycles. The van der Waals surface area contributed by atoms with Gasteiger partial charge < -0.3 is 20.9 Å². The minimum absolute atomic E-state index is 0.0275. The van der Waals surface area contributed by atoms with Gasteiger partial charge in [-0.1, -0.05) is 0 Å². The summed E-state index contributed by atoms with van der Waals surface area (Å²) >= 11 is 0. The summed E-state index contributed by atoms with van der Waals surface area (Å²) in [5.74, 6) is 0.304. The van der Waals surface area contributed by atoms with Gasteiger partial charge in [0, 0.05) is 18.3 Å². The number of aliphatic hydroxyl groups is 1. The van der Waals surface area contributed by atoms with Crippen LogP contribution in [0.1, 0.15) is 0 Å². The maximum Gasteiger partial charge on any atom is 0.154 e. The lowest BCUT2D eigenvalue weighted by Gasteiger charge is -2.10. The zero-order valence-corrected chi connectivity index (χ0v) is 11.0. The normalized spacial score (nSPS) is 11.2. The number of anilines is 2. The van der Waals surface area contributed by atoms with Crippen LogP contribution < -0.4 is 15.8 Å². The Morgan fingerprint density at radius 3 is 2.72 bits per heavy atom. The zero-order valence-electron chi connectivity index (χ0n) is 10.2. The van der Waals surface area contributed by atoms with E-state index in [0.29, 0.717) is 11.4 Å². The number of nitrogens with two attached hydrogens (primary N) is 1. The highest BCUT2D eigenvalue weighted by Crippen LogP contribution is 2.24. The summed E-state index contributed by atoms with van der Waals surface area (Å²) in [6.45, 7) is -0.0760. The van der Waals surface area contributed by atoms with E-state index in [1.54, 1.807) is 18.2 Å². The van der Waals surface area contributed by atoms with Crippen LogP contribution >= 0.6 is 0 Å². The highest BCUT2D eigenvalue weighted by atomic mass is 32.2. The quantitative estimate of drug-likeness (QED) is 0.609. The van der Waals surface area contributed by atoms with E-state index in [-0.39, 0.29) is 24.7 Å². The number of hydrogen-bond donors (Lipinski definition) is 3. The van der Waals surface area contributed by atoms with Crippen molar-refractivity contribution in [3.63, 3.8) is 0 Å². The highest BCUT2D eigenvalue weighted by Gasteiger charge is 2.09. The van der Waals surface area contributed by atoms with Crippen molar-refractivity contribution in [2.24, 2.45) is 0 Å². The van der Waals surface area contributed by atoms with Crippen LogP contribution in [0.4, 0.5) is 11.4 Å². The van der Waals surface area contributed by atoms with Crippen LogP contribution in [0.15, 0.2) is 18.2 Å². The summed E-state index contributed by atoms with van der Waals surface area (Å²) in [4.78, 5) is 0. The van der Waals surface area contributed by atoms with Crippen LogP contribution in [0.3, 0.4) is 0 Å². The molecule has 0 fully saturated rings. The number of nitrogens with one attached hydrogen (secondary N) is 1. The molecular weight excluding hydrogens is 256 g/mol. The smallest absolute Gasteiger partial charge is 0.154 e. The molecule has 0 aliphatic carbocycles. The van der Waals surface area contributed by atoms with Crippen LogP contribution in [0, 0.1) is 0 Å². The van der Waals surface area contributed by atoms with Gasteiger partial charge in [0.2, 0.25) is 0 Å². The largest absolute Gasteiger partial charge is 0.495 e. The Balaban J connectivity index is 2.54. The predicted molar refractivity (Wildman–Crippen MR) is 71.6 cm³/mol. The molecule has 0 aliphatic rings. The summed E-state index contributed by atoms with van der Waals surface area (Å²) in [6, 6.07) is 5.13. The summed E-state index contributed by atoms with van der Waals surface area (Å²) in [7, 11) is -1.68. The van der Waals surface area contributed by atoms with Gasteiger partial charge in [-0.2, -0.15) is 0 Å². The van der Waals surface area contributed by atoms with Gasteiger partial charge in [-0.15, -0.1) is 0 Å². The number of methoxy groups -OCH3 is 1. The van der Waals surface area contributed by atoms with Crippen molar-refractivity contribution in [1.82, 2.24) is 0 Å². The van der Waals surface area contributed by atoms with Gasteiger partial charge in [0.1, 0.15) is 5.75 Å². The Morgan fingerprint density at radius 2 is 2.11 bits per heavy atom. The van der Waals surface area contributed by atoms with E-state index >= 15 is 0 Å². The molecule has 0 aromatic heterocycles. The topological polar surface area (TPSA) is 102 Å². The monoisotopic (exact) mass is 274 g/mol. The van der Waals surface area contributed by atoms with Crippen molar-refractivity contribution in [3.8, 4) is 5.75 Å². The lowest BCUT2D eigenvalue weighted by Crippen LogP contribution is -2.20. The van der Waals surface area contributed by atoms with Gasteiger partial charge in [-0.25, -0.2) is 8.42 Å². The Bertz CT molecular complexity index is 488. The number of aliphatic hydroxyl groups excluding tert-OH is 1. The molecule has 102 valence electrons. The number of benzene rings is 1. The van der Waals surface area contributed by atoms with Crippen molar-refractivity contribution in [3.05, 3.63) is 18.2 Å². The number of hydrogen-bond acceptors (Lipinski definition) is 6. The fourth-order valence-electron chi connectivity index (χ4n) is 1.41. The van der Waals surface area contributed by atoms with Gasteiger partial charge in [-0.3, -0.25) is 0 Å². The first-order chi connectivity index (χ1) is 8.48. The number of nitrogen functional groups attached to an aromatic ring is 1. The molecular formula is C11H18N2O4S. The number of rotatable bonds is 7. The SMILES string of the molecule is COc1cc(NCCS(=O)(=O)CCO)ccc1N. The first kappa shape index (κ1) is 14.6. The highest BCUT2D eigenvalue weighted by molar-refractivity contribution is 7.91. The molecule has 4 N–H and O–H groups in total. The molecule has 7 heteroatoms. The fourth-order valence-corrected chi connectivity index (χ4v) is 2.31. The second kappa shape index (κ2) is 6.46. The maximum absolute atomic E-state index is 11.4. The van der Waals surface area contributed by atoms with Gasteiger partial charge in [0.05, 0.1) is 30.9 Å². The lowest BCUT2D eigenvalue weighted by molar-refractivity contribution is 0.319. The van der Waals surface area contributed by atoms with Gasteiger partial charge in [-0.05, 0) is 12.1 Å². The summed E-state index contributed by atoms with van der Waals surface area (Å²) in [6.07, 6.45) is 0. The van der Waals surface area contributed by atoms with Gasteiger partial charge >= 0.3 is 0 Å². The number of sulfone groups is 1. The lowest BCUT2D eigenvalue weighted by atomic mass is 10.2. The first-order valence-corrected chi connectivity index (χ1v) is 7.29. The van der Waals surface area contributed by atoms with Crippen molar-refractivity contribution in [1.29, 1.82) is 0 Å². The molecule has 0 radical (unpaired) electrons. The molecule has 0 aliphatic heterocycles. The third-order valence-electron chi connectivity index (χ3n) is 2.38. The molecule has 18 heavy (non-hydrogen) atoms. The van der Waals surface area contributed by atoms with E-state index < -0.39 is 9.84 Å². The van der Waals surface area contributed by atoms with Crippen molar-refractivity contribution in [2.45, 2.75) is 0 Å². The number of ether oxygens (including phenoxy) is 1. The predicted octanol–water partition coefficient (Wildman–Crippen LogP) is 0.0964. The molecule has 0 spiro atoms. The molecule has 0 saturated carbocycles. The van der Waals surface area contributed by atoms with E-state index in [1.807, 2.05) is 0 Å². The Kier molecular flexibility index (Phi) is 5.24. The molecule has 1 rings (SSSR count). The second-order valence-electron chi connectivity index (χ2n) is 3.76. The van der Waals surface area contributed by atoms with Crippen LogP contribution in [0.5, 0.6) is 5.75 Å². The van der Waals surface area contributed by atoms with Crippen molar-refractivity contribution >= 4 is 21.2 Å². The average molecular weight is 274 g/mol. The van der Waals surface area contributed by atoms with Crippen LogP contribution in [-0.4, -0.2) is 45.3 Å². The molecule has 6 nitrogen and oxygen atoms in total. The zero-order chi connectivity index (χ0) is 13.6. The minimum Gasteiger partial charge on any atom is -0.495 e. The molecule has 0 amide bonds. The average Bonchev–Trinajstić information content (AvgIpc) is 2.31. The summed E-state index contributed by atoms with van der Waals surface area (Å²) < 4.78 is 27.8. The van der Waals surface area contributed by atoms with Crippen molar-refractivity contribution < 1.29 is 18.3 Å². The molecule has 0 atom stereocenters. The molecule has 1 aromatic rings. The minimum atomic E-state index is -3.19. The first-order valence-electron chi connectivity index (χ1n) is 5.47. The van der Waals surface area contributed by atoms with E-state index in [0.717, 1.165) is 5.69 Å². The Morgan fingerprint density at radius 1 is 1.39 bits per heavy atom. The van der Waals surface area contributed by atoms with E-state index in [2.05, 4.69) is 5.32 Å². The van der Waals surface area contributed by atoms with E-state index in [9.17, 15) is 8.42 Å². The Labute approximate surface area is 107 Å². The Hall–Kier alpha value is -1.47. The fraction of sp³-hybridized carbons (Fsp3) is 0.455. The van der Waals surface area contributed by atoms with Crippen LogP contribution in [0.2, 0.25) is 0 Å². The van der Waals surface area contributed by atoms with Crippen molar-refractivity contribution in [2.75, 3.05) is 42.8 Å². The van der Waals surface area contributed by atoms with Crippen LogP contribution in [0.25, 0.3) is 0 Å². The third kappa shape index (κ3) is 4.42. The molecule has 0 bridgehead atoms. The summed E-state index contributed by atoms with van der Waals surface area (Å²) in [5.41, 5.74) is 6.92. The molecule has 1 aromatic carbocycles. The molecule has 0 saturated heterocycles. The van der Waals surface area contributed by atoms with Crippen LogP contribution in [-0.2, 0) is 9.84 Å². The van der Waals surface area contributed by atoms with E-state index in [1.165, 1.54) is 7.11 Å². The van der Waals surface area contributed by atoms with Gasteiger partial charge in [0.15, 0.2) is 9.84 Å².